The molecule has 0 bridgehead atoms. The molecular weight excluding hydrogens is 162 g/mol. The quantitative estimate of drug-likeness (QED) is 0.691. The highest BCUT2D eigenvalue weighted by Crippen LogP contribution is 2.12. The minimum Gasteiger partial charge on any atom is -0.388 e. The predicted octanol–water partition coefficient (Wildman–Crippen LogP) is 1.05. The van der Waals surface area contributed by atoms with Gasteiger partial charge in [-0.2, -0.15) is 0 Å². The fourth-order valence-corrected chi connectivity index (χ4v) is 1.06. The second kappa shape index (κ2) is 4.25. The maximum absolute atomic E-state index is 5.54. The average Bonchev–Trinajstić information content (AvgIpc) is 2.37. The van der Waals surface area contributed by atoms with Gasteiger partial charge in [0.25, 0.3) is 0 Å². The van der Waals surface area contributed by atoms with Crippen LogP contribution in [0.15, 0.2) is 0 Å². The maximum Gasteiger partial charge on any atom is 0.133 e. The fraction of sp³-hybridized carbons (Fsp3) is 0.667. The Bertz CT molecular complexity index is 213. The molecule has 1 heterocycles. The van der Waals surface area contributed by atoms with Crippen LogP contribution in [0.5, 0.6) is 0 Å². The lowest BCUT2D eigenvalue weighted by atomic mass is 10.5. The molecule has 62 valence electrons. The standard InChI is InChI=1S/C6H11N3OS/c1-2-3-10-4-5-6(7)11-9-8-5/h2-4,7H2,1H3. The van der Waals surface area contributed by atoms with Gasteiger partial charge >= 0.3 is 0 Å². The van der Waals surface area contributed by atoms with Crippen LogP contribution in [-0.2, 0) is 11.3 Å². The van der Waals surface area contributed by atoms with Gasteiger partial charge in [-0.25, -0.2) is 0 Å². The van der Waals surface area contributed by atoms with Crippen molar-refractivity contribution in [1.29, 1.82) is 0 Å². The van der Waals surface area contributed by atoms with E-state index in [-0.39, 0.29) is 0 Å². The van der Waals surface area contributed by atoms with Gasteiger partial charge in [0, 0.05) is 18.1 Å². The monoisotopic (exact) mass is 173 g/mol. The number of hydrogen-bond donors (Lipinski definition) is 1. The third-order valence-electron chi connectivity index (χ3n) is 1.17. The van der Waals surface area contributed by atoms with Gasteiger partial charge in [-0.05, 0) is 6.42 Å². The Hall–Kier alpha value is -0.680. The highest BCUT2D eigenvalue weighted by molar-refractivity contribution is 7.09. The van der Waals surface area contributed by atoms with E-state index >= 15 is 0 Å². The summed E-state index contributed by atoms with van der Waals surface area (Å²) in [7, 11) is 0. The van der Waals surface area contributed by atoms with Gasteiger partial charge in [-0.3, -0.25) is 0 Å². The third kappa shape index (κ3) is 2.44. The topological polar surface area (TPSA) is 61.0 Å². The normalized spacial score (nSPS) is 10.3. The third-order valence-corrected chi connectivity index (χ3v) is 1.77. The van der Waals surface area contributed by atoms with Crippen molar-refractivity contribution in [2.45, 2.75) is 20.0 Å². The Morgan fingerprint density at radius 1 is 1.64 bits per heavy atom. The van der Waals surface area contributed by atoms with E-state index in [4.69, 9.17) is 10.5 Å². The summed E-state index contributed by atoms with van der Waals surface area (Å²) < 4.78 is 8.92. The number of hydrogen-bond acceptors (Lipinski definition) is 5. The molecule has 0 unspecified atom stereocenters. The van der Waals surface area contributed by atoms with Gasteiger partial charge < -0.3 is 10.5 Å². The summed E-state index contributed by atoms with van der Waals surface area (Å²) in [6.07, 6.45) is 1.01. The first-order chi connectivity index (χ1) is 5.34. The summed E-state index contributed by atoms with van der Waals surface area (Å²) in [5, 5.41) is 4.46. The molecule has 0 aliphatic heterocycles. The van der Waals surface area contributed by atoms with Crippen molar-refractivity contribution in [1.82, 2.24) is 9.59 Å². The average molecular weight is 173 g/mol. The smallest absolute Gasteiger partial charge is 0.133 e. The first kappa shape index (κ1) is 8.42. The van der Waals surface area contributed by atoms with E-state index in [2.05, 4.69) is 16.5 Å². The number of nitrogen functional groups attached to an aromatic ring is 1. The highest BCUT2D eigenvalue weighted by atomic mass is 32.1. The Kier molecular flexibility index (Phi) is 3.25. The van der Waals surface area contributed by atoms with Gasteiger partial charge in [0.2, 0.25) is 0 Å². The lowest BCUT2D eigenvalue weighted by Crippen LogP contribution is -1.97. The first-order valence-corrected chi connectivity index (χ1v) is 4.26. The molecule has 0 aliphatic carbocycles. The van der Waals surface area contributed by atoms with Crippen molar-refractivity contribution in [2.24, 2.45) is 0 Å². The van der Waals surface area contributed by atoms with Crippen LogP contribution in [0.25, 0.3) is 0 Å². The molecule has 0 fully saturated rings. The molecule has 1 aromatic rings. The summed E-state index contributed by atoms with van der Waals surface area (Å²) in [5.74, 6) is 0. The molecule has 1 aromatic heterocycles. The molecule has 0 amide bonds. The number of nitrogens with two attached hydrogens (primary N) is 1. The van der Waals surface area contributed by atoms with Crippen LogP contribution in [0, 0.1) is 0 Å². The molecule has 0 aliphatic rings. The Morgan fingerprint density at radius 3 is 3.00 bits per heavy atom. The van der Waals surface area contributed by atoms with E-state index in [9.17, 15) is 0 Å². The first-order valence-electron chi connectivity index (χ1n) is 3.49. The van der Waals surface area contributed by atoms with Crippen LogP contribution in [0.2, 0.25) is 0 Å². The van der Waals surface area contributed by atoms with E-state index in [0.29, 0.717) is 11.6 Å². The lowest BCUT2D eigenvalue weighted by Gasteiger charge is -1.97. The van der Waals surface area contributed by atoms with Gasteiger partial charge in [0.05, 0.1) is 6.61 Å². The number of anilines is 1. The Labute approximate surface area is 69.5 Å². The fourth-order valence-electron chi connectivity index (χ4n) is 0.629. The lowest BCUT2D eigenvalue weighted by molar-refractivity contribution is 0.119. The van der Waals surface area contributed by atoms with Crippen LogP contribution < -0.4 is 5.73 Å². The molecule has 0 radical (unpaired) electrons. The number of ether oxygens (including phenoxy) is 1. The Morgan fingerprint density at radius 2 is 2.45 bits per heavy atom. The molecule has 0 saturated heterocycles. The molecule has 4 nitrogen and oxygen atoms in total. The van der Waals surface area contributed by atoms with E-state index in [1.165, 1.54) is 11.5 Å². The van der Waals surface area contributed by atoms with Crippen molar-refractivity contribution in [3.8, 4) is 0 Å². The molecule has 0 atom stereocenters. The van der Waals surface area contributed by atoms with Crippen molar-refractivity contribution < 1.29 is 4.74 Å². The van der Waals surface area contributed by atoms with Gasteiger partial charge in [0.1, 0.15) is 10.7 Å². The van der Waals surface area contributed by atoms with Crippen LogP contribution in [0.1, 0.15) is 19.0 Å². The van der Waals surface area contributed by atoms with Crippen LogP contribution >= 0.6 is 11.5 Å². The minimum atomic E-state index is 0.482. The van der Waals surface area contributed by atoms with Gasteiger partial charge in [0.15, 0.2) is 0 Å². The van der Waals surface area contributed by atoms with Crippen molar-refractivity contribution in [2.75, 3.05) is 12.3 Å². The van der Waals surface area contributed by atoms with E-state index in [1.54, 1.807) is 0 Å². The van der Waals surface area contributed by atoms with E-state index in [1.807, 2.05) is 0 Å². The summed E-state index contributed by atoms with van der Waals surface area (Å²) in [4.78, 5) is 0. The zero-order chi connectivity index (χ0) is 8.10. The number of aromatic nitrogens is 2. The summed E-state index contributed by atoms with van der Waals surface area (Å²) in [6.45, 7) is 3.29. The molecule has 0 spiro atoms. The maximum atomic E-state index is 5.54. The van der Waals surface area contributed by atoms with Crippen molar-refractivity contribution in [3.05, 3.63) is 5.69 Å². The van der Waals surface area contributed by atoms with Crippen LogP contribution in [-0.4, -0.2) is 16.2 Å². The Balaban J connectivity index is 2.32. The molecule has 0 saturated carbocycles. The summed E-state index contributed by atoms with van der Waals surface area (Å²) in [6, 6.07) is 0. The second-order valence-electron chi connectivity index (χ2n) is 2.14. The predicted molar refractivity (Wildman–Crippen MR) is 44.3 cm³/mol. The van der Waals surface area contributed by atoms with E-state index < -0.39 is 0 Å². The van der Waals surface area contributed by atoms with E-state index in [0.717, 1.165) is 18.7 Å². The molecule has 5 heteroatoms. The molecule has 11 heavy (non-hydrogen) atoms. The number of nitrogens with zero attached hydrogens (tertiary/aromatic N) is 2. The van der Waals surface area contributed by atoms with Crippen molar-refractivity contribution >= 4 is 16.5 Å². The zero-order valence-corrected chi connectivity index (χ0v) is 7.23. The zero-order valence-electron chi connectivity index (χ0n) is 6.41. The van der Waals surface area contributed by atoms with Crippen LogP contribution in [0.4, 0.5) is 5.00 Å². The molecular formula is C6H11N3OS. The summed E-state index contributed by atoms with van der Waals surface area (Å²) in [5.41, 5.74) is 6.29. The van der Waals surface area contributed by atoms with Gasteiger partial charge in [-0.15, -0.1) is 5.10 Å². The van der Waals surface area contributed by atoms with Crippen LogP contribution in [0.3, 0.4) is 0 Å². The largest absolute Gasteiger partial charge is 0.388 e. The summed E-state index contributed by atoms with van der Waals surface area (Å²) >= 11 is 1.20. The SMILES string of the molecule is CCCOCc1nnsc1N. The molecule has 0 aromatic carbocycles. The van der Waals surface area contributed by atoms with Crippen molar-refractivity contribution in [3.63, 3.8) is 0 Å². The minimum absolute atomic E-state index is 0.482. The molecule has 2 N–H and O–H groups in total. The van der Waals surface area contributed by atoms with Gasteiger partial charge in [-0.1, -0.05) is 11.4 Å². The number of rotatable bonds is 4. The molecule has 1 rings (SSSR count). The second-order valence-corrected chi connectivity index (χ2v) is 2.92. The highest BCUT2D eigenvalue weighted by Gasteiger charge is 2.02.